The number of hydrogen-bond donors (Lipinski definition) is 1. The van der Waals surface area contributed by atoms with Crippen LogP contribution in [0.5, 0.6) is 0 Å². The number of aliphatic imine (C=N–C) groups is 1. The van der Waals surface area contributed by atoms with Crippen LogP contribution in [-0.2, 0) is 4.79 Å². The Morgan fingerprint density at radius 1 is 0.778 bits per heavy atom. The summed E-state index contributed by atoms with van der Waals surface area (Å²) in [6, 6.07) is 17.3. The Balaban J connectivity index is 1.85. The minimum absolute atomic E-state index is 0.0423. The first-order valence-electron chi connectivity index (χ1n) is 10.8. The van der Waals surface area contributed by atoms with Crippen molar-refractivity contribution in [3.8, 4) is 0 Å². The topological polar surface area (TPSA) is 58.5 Å². The van der Waals surface area contributed by atoms with E-state index < -0.39 is 46.1 Å². The molecule has 184 valence electrons. The Bertz CT molecular complexity index is 1400. The second-order valence-electron chi connectivity index (χ2n) is 8.64. The molecule has 0 unspecified atom stereocenters. The molecule has 0 saturated heterocycles. The molecule has 1 N–H and O–H groups in total. The zero-order valence-electron chi connectivity index (χ0n) is 19.1. The van der Waals surface area contributed by atoms with Gasteiger partial charge in [-0.2, -0.15) is 0 Å². The van der Waals surface area contributed by atoms with E-state index in [0.29, 0.717) is 16.8 Å². The minimum Gasteiger partial charge on any atom is -0.341 e. The molecule has 1 heterocycles. The number of nitrogens with one attached hydrogen (secondary N) is 1. The number of rotatable bonds is 5. The van der Waals surface area contributed by atoms with Crippen LogP contribution in [0.15, 0.2) is 71.4 Å². The van der Waals surface area contributed by atoms with E-state index in [1.54, 1.807) is 60.7 Å². The van der Waals surface area contributed by atoms with Gasteiger partial charge in [0.05, 0.1) is 23.4 Å². The molecule has 0 radical (unpaired) electrons. The zero-order chi connectivity index (χ0) is 26.2. The highest BCUT2D eigenvalue weighted by Gasteiger charge is 2.37. The molecule has 36 heavy (non-hydrogen) atoms. The van der Waals surface area contributed by atoms with Crippen LogP contribution in [0, 0.1) is 29.1 Å². The van der Waals surface area contributed by atoms with E-state index in [1.165, 1.54) is 13.8 Å². The van der Waals surface area contributed by atoms with E-state index in [2.05, 4.69) is 10.3 Å². The van der Waals surface area contributed by atoms with Gasteiger partial charge in [-0.1, -0.05) is 60.7 Å². The maximum Gasteiger partial charge on any atom is 0.258 e. The quantitative estimate of drug-likeness (QED) is 0.276. The highest BCUT2D eigenvalue weighted by Crippen LogP contribution is 2.34. The number of hydrogen-bond acceptors (Lipinski definition) is 3. The number of carbonyl (C=O) groups excluding carboxylic acids is 2. The van der Waals surface area contributed by atoms with Gasteiger partial charge in [-0.25, -0.2) is 22.0 Å². The third-order valence-corrected chi connectivity index (χ3v) is 5.71. The molecule has 0 spiro atoms. The van der Waals surface area contributed by atoms with Gasteiger partial charge in [0.25, 0.3) is 5.91 Å². The largest absolute Gasteiger partial charge is 0.341 e. The molecule has 1 aliphatic heterocycles. The van der Waals surface area contributed by atoms with Gasteiger partial charge in [-0.05, 0) is 25.0 Å². The molecular formula is C27H19F5N2O2. The number of benzene rings is 3. The molecule has 9 heteroatoms. The van der Waals surface area contributed by atoms with Crippen LogP contribution in [0.3, 0.4) is 0 Å². The predicted octanol–water partition coefficient (Wildman–Crippen LogP) is 5.76. The lowest BCUT2D eigenvalue weighted by molar-refractivity contribution is -0.112. The lowest BCUT2D eigenvalue weighted by Crippen LogP contribution is -2.47. The SMILES string of the molecule is CC(C)(NC(=O)c1c(F)c(F)c(F)c(F)c1F)C1=C(c2ccccc2)C(=O)CC(c2ccccc2)=N1. The van der Waals surface area contributed by atoms with Crippen LogP contribution in [0.1, 0.15) is 41.8 Å². The van der Waals surface area contributed by atoms with Crippen molar-refractivity contribution in [1.82, 2.24) is 5.32 Å². The molecule has 1 aliphatic rings. The van der Waals surface area contributed by atoms with Crippen molar-refractivity contribution in [2.24, 2.45) is 4.99 Å². The molecule has 0 aliphatic carbocycles. The average molecular weight is 498 g/mol. The molecule has 4 nitrogen and oxygen atoms in total. The van der Waals surface area contributed by atoms with Crippen LogP contribution in [0.4, 0.5) is 22.0 Å². The van der Waals surface area contributed by atoms with Crippen LogP contribution in [-0.4, -0.2) is 22.9 Å². The third-order valence-electron chi connectivity index (χ3n) is 5.71. The first kappa shape index (κ1) is 25.0. The number of nitrogens with zero attached hydrogens (tertiary/aromatic N) is 1. The zero-order valence-corrected chi connectivity index (χ0v) is 19.1. The summed E-state index contributed by atoms with van der Waals surface area (Å²) in [5.41, 5.74) is -1.42. The van der Waals surface area contributed by atoms with E-state index in [9.17, 15) is 31.5 Å². The second kappa shape index (κ2) is 9.49. The summed E-state index contributed by atoms with van der Waals surface area (Å²) in [6.45, 7) is 2.83. The number of halogens is 5. The van der Waals surface area contributed by atoms with Crippen LogP contribution >= 0.6 is 0 Å². The van der Waals surface area contributed by atoms with Gasteiger partial charge in [0.1, 0.15) is 5.56 Å². The smallest absolute Gasteiger partial charge is 0.258 e. The van der Waals surface area contributed by atoms with Crippen LogP contribution < -0.4 is 5.32 Å². The Morgan fingerprint density at radius 2 is 1.25 bits per heavy atom. The highest BCUT2D eigenvalue weighted by atomic mass is 19.2. The van der Waals surface area contributed by atoms with Crippen molar-refractivity contribution in [3.05, 3.63) is 112 Å². The van der Waals surface area contributed by atoms with Crippen molar-refractivity contribution in [2.45, 2.75) is 25.8 Å². The first-order valence-corrected chi connectivity index (χ1v) is 10.8. The third kappa shape index (κ3) is 4.44. The summed E-state index contributed by atoms with van der Waals surface area (Å²) in [4.78, 5) is 30.8. The monoisotopic (exact) mass is 498 g/mol. The maximum absolute atomic E-state index is 14.3. The Morgan fingerprint density at radius 3 is 1.78 bits per heavy atom. The predicted molar refractivity (Wildman–Crippen MR) is 124 cm³/mol. The van der Waals surface area contributed by atoms with E-state index in [0.717, 1.165) is 0 Å². The molecule has 0 saturated carbocycles. The van der Waals surface area contributed by atoms with E-state index in [-0.39, 0.29) is 23.5 Å². The molecule has 0 atom stereocenters. The van der Waals surface area contributed by atoms with Gasteiger partial charge in [0.15, 0.2) is 29.1 Å². The lowest BCUT2D eigenvalue weighted by atomic mass is 9.85. The minimum atomic E-state index is -2.37. The van der Waals surface area contributed by atoms with Crippen molar-refractivity contribution in [2.75, 3.05) is 0 Å². The van der Waals surface area contributed by atoms with Crippen molar-refractivity contribution in [3.63, 3.8) is 0 Å². The fourth-order valence-corrected chi connectivity index (χ4v) is 3.96. The maximum atomic E-state index is 14.3. The Hall–Kier alpha value is -4.14. The molecule has 0 fully saturated rings. The molecule has 3 aromatic rings. The van der Waals surface area contributed by atoms with E-state index >= 15 is 0 Å². The standard InChI is InChI=1S/C27H19F5N2O2/c1-27(2,34-26(36)19-20(28)22(30)24(32)23(31)21(19)29)25-18(15-11-7-4-8-12-15)17(35)13-16(33-25)14-9-5-3-6-10-14/h3-12H,13H2,1-2H3,(H,34,36). The second-order valence-corrected chi connectivity index (χ2v) is 8.64. The molecule has 0 aromatic heterocycles. The van der Waals surface area contributed by atoms with Gasteiger partial charge in [0.2, 0.25) is 5.82 Å². The van der Waals surface area contributed by atoms with E-state index in [4.69, 9.17) is 0 Å². The summed E-state index contributed by atoms with van der Waals surface area (Å²) in [6.07, 6.45) is -0.0423. The van der Waals surface area contributed by atoms with E-state index in [1.807, 2.05) is 0 Å². The molecule has 3 aromatic carbocycles. The number of carbonyl (C=O) groups is 2. The summed E-state index contributed by atoms with van der Waals surface area (Å²) in [7, 11) is 0. The fourth-order valence-electron chi connectivity index (χ4n) is 3.96. The molecule has 0 bridgehead atoms. The van der Waals surface area contributed by atoms with Crippen molar-refractivity contribution in [1.29, 1.82) is 0 Å². The van der Waals surface area contributed by atoms with Gasteiger partial charge in [0, 0.05) is 5.57 Å². The number of amides is 1. The van der Waals surface area contributed by atoms with Crippen molar-refractivity contribution >= 4 is 23.0 Å². The summed E-state index contributed by atoms with van der Waals surface area (Å²) >= 11 is 0. The fraction of sp³-hybridized carbons (Fsp3) is 0.148. The summed E-state index contributed by atoms with van der Waals surface area (Å²) in [5, 5.41) is 2.30. The lowest BCUT2D eigenvalue weighted by Gasteiger charge is -2.32. The van der Waals surface area contributed by atoms with Crippen LogP contribution in [0.2, 0.25) is 0 Å². The normalized spacial score (nSPS) is 14.1. The van der Waals surface area contributed by atoms with Gasteiger partial charge < -0.3 is 5.32 Å². The number of allylic oxidation sites excluding steroid dienone is 1. The Labute approximate surface area is 203 Å². The van der Waals surface area contributed by atoms with Crippen molar-refractivity contribution < 1.29 is 31.5 Å². The van der Waals surface area contributed by atoms with Gasteiger partial charge >= 0.3 is 0 Å². The summed E-state index contributed by atoms with van der Waals surface area (Å²) < 4.78 is 69.4. The average Bonchev–Trinajstić information content (AvgIpc) is 2.86. The molecular weight excluding hydrogens is 479 g/mol. The number of Topliss-reactive ketones (excluding diaryl/α,β-unsaturated/α-hetero) is 1. The van der Waals surface area contributed by atoms with Gasteiger partial charge in [-0.3, -0.25) is 14.6 Å². The molecule has 1 amide bonds. The Kier molecular flexibility index (Phi) is 6.58. The van der Waals surface area contributed by atoms with Gasteiger partial charge in [-0.15, -0.1) is 0 Å². The first-order chi connectivity index (χ1) is 17.0. The number of ketones is 1. The van der Waals surface area contributed by atoms with Crippen LogP contribution in [0.25, 0.3) is 5.57 Å². The molecule has 4 rings (SSSR count). The summed E-state index contributed by atoms with van der Waals surface area (Å²) in [5.74, 6) is -13.2. The highest BCUT2D eigenvalue weighted by molar-refractivity contribution is 6.31.